The second kappa shape index (κ2) is 6.41. The fourth-order valence-corrected chi connectivity index (χ4v) is 4.42. The normalized spacial score (nSPS) is 39.2. The van der Waals surface area contributed by atoms with Crippen LogP contribution >= 0.6 is 11.8 Å². The molecule has 3 nitrogen and oxygen atoms in total. The summed E-state index contributed by atoms with van der Waals surface area (Å²) in [4.78, 5) is 0. The lowest BCUT2D eigenvalue weighted by molar-refractivity contribution is 0.129. The van der Waals surface area contributed by atoms with Crippen LogP contribution in [-0.2, 0) is 0 Å². The summed E-state index contributed by atoms with van der Waals surface area (Å²) in [6.07, 6.45) is 7.41. The third-order valence-corrected chi connectivity index (χ3v) is 5.68. The molecule has 1 saturated carbocycles. The molecule has 1 saturated heterocycles. The number of aliphatic hydroxyl groups excluding tert-OH is 1. The van der Waals surface area contributed by atoms with Gasteiger partial charge in [-0.05, 0) is 37.4 Å². The van der Waals surface area contributed by atoms with Gasteiger partial charge in [-0.15, -0.1) is 0 Å². The van der Waals surface area contributed by atoms with Gasteiger partial charge in [-0.1, -0.05) is 12.8 Å². The molecule has 2 aliphatic rings. The minimum Gasteiger partial charge on any atom is -0.396 e. The molecule has 3 unspecified atom stereocenters. The van der Waals surface area contributed by atoms with E-state index in [2.05, 4.69) is 5.32 Å². The number of rotatable bonds is 4. The maximum absolute atomic E-state index is 9.47. The second-order valence-electron chi connectivity index (χ2n) is 5.62. The van der Waals surface area contributed by atoms with Gasteiger partial charge in [0, 0.05) is 30.5 Å². The molecule has 2 rings (SSSR count). The Morgan fingerprint density at radius 2 is 2.12 bits per heavy atom. The van der Waals surface area contributed by atoms with Crippen LogP contribution in [0.2, 0.25) is 0 Å². The smallest absolute Gasteiger partial charge is 0.0474 e. The van der Waals surface area contributed by atoms with Crippen molar-refractivity contribution in [3.05, 3.63) is 0 Å². The molecule has 0 aromatic heterocycles. The van der Waals surface area contributed by atoms with Gasteiger partial charge in [0.15, 0.2) is 0 Å². The zero-order chi connectivity index (χ0) is 12.1. The number of hydrogen-bond acceptors (Lipinski definition) is 4. The van der Waals surface area contributed by atoms with Crippen molar-refractivity contribution in [3.8, 4) is 0 Å². The van der Waals surface area contributed by atoms with Crippen molar-refractivity contribution < 1.29 is 5.11 Å². The van der Waals surface area contributed by atoms with Gasteiger partial charge in [0.2, 0.25) is 0 Å². The van der Waals surface area contributed by atoms with Crippen LogP contribution in [0.1, 0.15) is 38.5 Å². The van der Waals surface area contributed by atoms with Gasteiger partial charge in [-0.25, -0.2) is 0 Å². The summed E-state index contributed by atoms with van der Waals surface area (Å²) in [5.41, 5.74) is 6.14. The Morgan fingerprint density at radius 1 is 1.29 bits per heavy atom. The number of nitrogens with two attached hydrogens (primary N) is 1. The molecular weight excluding hydrogens is 232 g/mol. The molecule has 0 aromatic rings. The van der Waals surface area contributed by atoms with Crippen molar-refractivity contribution in [3.63, 3.8) is 0 Å². The summed E-state index contributed by atoms with van der Waals surface area (Å²) < 4.78 is 0. The Hall–Kier alpha value is 0.230. The van der Waals surface area contributed by atoms with Crippen LogP contribution in [-0.4, -0.2) is 41.3 Å². The molecule has 0 radical (unpaired) electrons. The molecule has 0 bridgehead atoms. The highest BCUT2D eigenvalue weighted by molar-refractivity contribution is 7.99. The van der Waals surface area contributed by atoms with E-state index in [9.17, 15) is 5.11 Å². The number of thioether (sulfide) groups is 1. The third-order valence-electron chi connectivity index (χ3n) is 4.35. The molecule has 3 atom stereocenters. The van der Waals surface area contributed by atoms with Crippen LogP contribution in [0.5, 0.6) is 0 Å². The lowest BCUT2D eigenvalue weighted by Crippen LogP contribution is -2.60. The fourth-order valence-electron chi connectivity index (χ4n) is 3.20. The molecule has 17 heavy (non-hydrogen) atoms. The molecule has 4 heteroatoms. The van der Waals surface area contributed by atoms with Gasteiger partial charge in [0.25, 0.3) is 0 Å². The average molecular weight is 258 g/mol. The van der Waals surface area contributed by atoms with Crippen LogP contribution in [0.4, 0.5) is 0 Å². The van der Waals surface area contributed by atoms with E-state index in [0.717, 1.165) is 12.3 Å². The summed E-state index contributed by atoms with van der Waals surface area (Å²) in [5.74, 6) is 2.86. The highest BCUT2D eigenvalue weighted by Gasteiger charge is 2.36. The maximum Gasteiger partial charge on any atom is 0.0474 e. The predicted molar refractivity (Wildman–Crippen MR) is 74.3 cm³/mol. The fraction of sp³-hybridized carbons (Fsp3) is 1.00. The predicted octanol–water partition coefficient (Wildman–Crippen LogP) is 1.35. The summed E-state index contributed by atoms with van der Waals surface area (Å²) in [6, 6.07) is 0.482. The second-order valence-corrected chi connectivity index (χ2v) is 6.72. The monoisotopic (exact) mass is 258 g/mol. The van der Waals surface area contributed by atoms with Crippen molar-refractivity contribution in [2.45, 2.75) is 50.1 Å². The van der Waals surface area contributed by atoms with E-state index >= 15 is 0 Å². The molecule has 4 N–H and O–H groups in total. The summed E-state index contributed by atoms with van der Waals surface area (Å²) >= 11 is 2.02. The van der Waals surface area contributed by atoms with Gasteiger partial charge in [-0.2, -0.15) is 11.8 Å². The maximum atomic E-state index is 9.47. The molecule has 0 spiro atoms. The van der Waals surface area contributed by atoms with E-state index in [1.807, 2.05) is 11.8 Å². The van der Waals surface area contributed by atoms with Crippen LogP contribution in [0.3, 0.4) is 0 Å². The first-order valence-electron chi connectivity index (χ1n) is 6.96. The lowest BCUT2D eigenvalue weighted by Gasteiger charge is -2.43. The zero-order valence-electron chi connectivity index (χ0n) is 10.7. The third kappa shape index (κ3) is 3.37. The largest absolute Gasteiger partial charge is 0.396 e. The molecule has 0 amide bonds. The lowest BCUT2D eigenvalue weighted by atomic mass is 9.82. The van der Waals surface area contributed by atoms with Crippen molar-refractivity contribution in [2.24, 2.45) is 11.7 Å². The highest BCUT2D eigenvalue weighted by Crippen LogP contribution is 2.31. The first kappa shape index (κ1) is 13.7. The van der Waals surface area contributed by atoms with Crippen LogP contribution in [0.25, 0.3) is 0 Å². The minimum absolute atomic E-state index is 0.137. The summed E-state index contributed by atoms with van der Waals surface area (Å²) in [5, 5.41) is 13.3. The first-order chi connectivity index (χ1) is 8.29. The van der Waals surface area contributed by atoms with E-state index in [4.69, 9.17) is 5.73 Å². The first-order valence-corrected chi connectivity index (χ1v) is 8.11. The Morgan fingerprint density at radius 3 is 2.76 bits per heavy atom. The summed E-state index contributed by atoms with van der Waals surface area (Å²) in [7, 11) is 0. The zero-order valence-corrected chi connectivity index (χ0v) is 11.5. The van der Waals surface area contributed by atoms with E-state index in [1.165, 1.54) is 44.3 Å². The Bertz CT molecular complexity index is 231. The number of hydrogen-bond donors (Lipinski definition) is 3. The molecule has 2 fully saturated rings. The van der Waals surface area contributed by atoms with Crippen molar-refractivity contribution in [2.75, 3.05) is 24.7 Å². The Kier molecular flexibility index (Phi) is 5.15. The van der Waals surface area contributed by atoms with E-state index in [0.29, 0.717) is 18.6 Å². The van der Waals surface area contributed by atoms with Gasteiger partial charge in [0.05, 0.1) is 0 Å². The van der Waals surface area contributed by atoms with Crippen molar-refractivity contribution >= 4 is 11.8 Å². The van der Waals surface area contributed by atoms with E-state index < -0.39 is 0 Å². The minimum atomic E-state index is 0.137. The van der Waals surface area contributed by atoms with Crippen LogP contribution in [0, 0.1) is 5.92 Å². The Labute approximate surface area is 109 Å². The van der Waals surface area contributed by atoms with E-state index in [1.54, 1.807) is 0 Å². The van der Waals surface area contributed by atoms with E-state index in [-0.39, 0.29) is 5.54 Å². The molecular formula is C13H26N2OS. The van der Waals surface area contributed by atoms with Crippen molar-refractivity contribution in [1.29, 1.82) is 0 Å². The molecule has 100 valence electrons. The summed E-state index contributed by atoms with van der Waals surface area (Å²) in [6.45, 7) is 1.06. The quantitative estimate of drug-likeness (QED) is 0.712. The molecule has 0 aromatic carbocycles. The standard InChI is InChI=1S/C13H26N2OS/c14-9-13(6-3-7-17-10-13)15-12-5-2-1-4-11(12)8-16/h11-12,15-16H,1-10,14H2. The van der Waals surface area contributed by atoms with Gasteiger partial charge < -0.3 is 16.2 Å². The SMILES string of the molecule is NCC1(NC2CCCCC2CO)CCCSC1. The van der Waals surface area contributed by atoms with Gasteiger partial charge in [0.1, 0.15) is 0 Å². The molecule has 1 aliphatic carbocycles. The van der Waals surface area contributed by atoms with Gasteiger partial charge in [-0.3, -0.25) is 0 Å². The van der Waals surface area contributed by atoms with Gasteiger partial charge >= 0.3 is 0 Å². The number of nitrogens with one attached hydrogen (secondary N) is 1. The number of aliphatic hydroxyl groups is 1. The molecule has 1 aliphatic heterocycles. The molecule has 1 heterocycles. The average Bonchev–Trinajstić information content (AvgIpc) is 2.40. The van der Waals surface area contributed by atoms with Crippen LogP contribution < -0.4 is 11.1 Å². The highest BCUT2D eigenvalue weighted by atomic mass is 32.2. The van der Waals surface area contributed by atoms with Crippen molar-refractivity contribution in [1.82, 2.24) is 5.32 Å². The Balaban J connectivity index is 1.96. The topological polar surface area (TPSA) is 58.3 Å². The van der Waals surface area contributed by atoms with Crippen LogP contribution in [0.15, 0.2) is 0 Å².